The lowest BCUT2D eigenvalue weighted by atomic mass is 10.1. The average Bonchev–Trinajstić information content (AvgIpc) is 3.47. The summed E-state index contributed by atoms with van der Waals surface area (Å²) in [4.78, 5) is 31.8. The molecule has 3 N–H and O–H groups in total. The number of aliphatic hydroxyl groups is 1. The SMILES string of the molecule is Cc1ncc(NC(=O)CN2CCCC(O)C2)cc1NC(=O)c1nnn2cc(-c3cnn(C)c3)ccc12. The maximum Gasteiger partial charge on any atom is 0.278 e. The second-order valence-electron chi connectivity index (χ2n) is 8.98. The molecule has 1 atom stereocenters. The van der Waals surface area contributed by atoms with Crippen LogP contribution in [0, 0.1) is 6.92 Å². The minimum atomic E-state index is -0.435. The third-order valence-corrected chi connectivity index (χ3v) is 6.13. The van der Waals surface area contributed by atoms with Crippen molar-refractivity contribution in [2.45, 2.75) is 25.9 Å². The van der Waals surface area contributed by atoms with Crippen LogP contribution in [-0.4, -0.2) is 77.2 Å². The molecule has 0 bridgehead atoms. The number of carbonyl (C=O) groups excluding carboxylic acids is 2. The second kappa shape index (κ2) is 9.84. The molecule has 186 valence electrons. The Morgan fingerprint density at radius 1 is 1.17 bits per heavy atom. The Hall–Kier alpha value is -4.16. The summed E-state index contributed by atoms with van der Waals surface area (Å²) in [5.74, 6) is -0.643. The smallest absolute Gasteiger partial charge is 0.278 e. The molecule has 1 saturated heterocycles. The maximum atomic E-state index is 13.0. The predicted octanol–water partition coefficient (Wildman–Crippen LogP) is 1.48. The summed E-state index contributed by atoms with van der Waals surface area (Å²) in [6.07, 6.45) is 8.20. The van der Waals surface area contributed by atoms with Crippen LogP contribution in [0.25, 0.3) is 16.6 Å². The van der Waals surface area contributed by atoms with Gasteiger partial charge in [-0.3, -0.25) is 24.2 Å². The van der Waals surface area contributed by atoms with Crippen LogP contribution in [0.4, 0.5) is 11.4 Å². The van der Waals surface area contributed by atoms with E-state index in [0.29, 0.717) is 29.1 Å². The Labute approximate surface area is 206 Å². The van der Waals surface area contributed by atoms with Crippen molar-refractivity contribution in [3.63, 3.8) is 0 Å². The predicted molar refractivity (Wildman–Crippen MR) is 132 cm³/mol. The molecule has 1 aliphatic rings. The number of amides is 2. The summed E-state index contributed by atoms with van der Waals surface area (Å²) >= 11 is 0. The molecule has 0 aliphatic carbocycles. The van der Waals surface area contributed by atoms with Gasteiger partial charge < -0.3 is 15.7 Å². The Bertz CT molecular complexity index is 1430. The summed E-state index contributed by atoms with van der Waals surface area (Å²) < 4.78 is 3.27. The standard InChI is InChI=1S/C24H27N9O3/c1-15-20(8-18(10-25-15)27-22(35)14-32-7-3-4-19(34)13-32)28-24(36)23-21-6-5-16(12-33(21)30-29-23)17-9-26-31(2)11-17/h5-6,8-12,19,34H,3-4,7,13-14H2,1-2H3,(H,27,35)(H,28,36). The molecule has 0 spiro atoms. The number of nitrogens with one attached hydrogen (secondary N) is 2. The van der Waals surface area contributed by atoms with Crippen molar-refractivity contribution < 1.29 is 14.7 Å². The topological polar surface area (TPSA) is 143 Å². The van der Waals surface area contributed by atoms with Crippen molar-refractivity contribution in [3.05, 3.63) is 54.4 Å². The van der Waals surface area contributed by atoms with Crippen LogP contribution in [0.1, 0.15) is 29.0 Å². The number of carbonyl (C=O) groups is 2. The highest BCUT2D eigenvalue weighted by atomic mass is 16.3. The molecule has 0 aromatic carbocycles. The van der Waals surface area contributed by atoms with E-state index in [1.807, 2.05) is 24.2 Å². The van der Waals surface area contributed by atoms with E-state index in [1.54, 1.807) is 46.8 Å². The van der Waals surface area contributed by atoms with E-state index in [4.69, 9.17) is 0 Å². The zero-order chi connectivity index (χ0) is 25.2. The van der Waals surface area contributed by atoms with E-state index < -0.39 is 12.0 Å². The lowest BCUT2D eigenvalue weighted by Gasteiger charge is -2.29. The molecule has 0 saturated carbocycles. The first-order valence-electron chi connectivity index (χ1n) is 11.7. The van der Waals surface area contributed by atoms with Gasteiger partial charge in [-0.2, -0.15) is 5.10 Å². The van der Waals surface area contributed by atoms with E-state index >= 15 is 0 Å². The zero-order valence-corrected chi connectivity index (χ0v) is 20.0. The third-order valence-electron chi connectivity index (χ3n) is 6.13. The number of piperidine rings is 1. The summed E-state index contributed by atoms with van der Waals surface area (Å²) in [5.41, 5.74) is 4.07. The molecule has 36 heavy (non-hydrogen) atoms. The van der Waals surface area contributed by atoms with E-state index in [9.17, 15) is 14.7 Å². The number of aryl methyl sites for hydroxylation is 2. The molecule has 4 aromatic rings. The summed E-state index contributed by atoms with van der Waals surface area (Å²) in [5, 5.41) is 27.8. The van der Waals surface area contributed by atoms with Crippen LogP contribution >= 0.6 is 0 Å². The first-order chi connectivity index (χ1) is 17.4. The van der Waals surface area contributed by atoms with Crippen LogP contribution in [0.2, 0.25) is 0 Å². The lowest BCUT2D eigenvalue weighted by molar-refractivity contribution is -0.118. The number of nitrogens with zero attached hydrogens (tertiary/aromatic N) is 7. The van der Waals surface area contributed by atoms with Gasteiger partial charge in [0.25, 0.3) is 5.91 Å². The van der Waals surface area contributed by atoms with E-state index in [2.05, 4.69) is 31.0 Å². The van der Waals surface area contributed by atoms with Crippen molar-refractivity contribution in [3.8, 4) is 11.1 Å². The summed E-state index contributed by atoms with van der Waals surface area (Å²) in [7, 11) is 1.84. The van der Waals surface area contributed by atoms with Gasteiger partial charge in [0.1, 0.15) is 0 Å². The van der Waals surface area contributed by atoms with Crippen molar-refractivity contribution in [2.24, 2.45) is 7.05 Å². The highest BCUT2D eigenvalue weighted by Crippen LogP contribution is 2.22. The van der Waals surface area contributed by atoms with Gasteiger partial charge in [-0.25, -0.2) is 4.52 Å². The van der Waals surface area contributed by atoms with Crippen molar-refractivity contribution in [1.82, 2.24) is 34.5 Å². The van der Waals surface area contributed by atoms with Crippen LogP contribution < -0.4 is 10.6 Å². The number of rotatable bonds is 6. The fourth-order valence-electron chi connectivity index (χ4n) is 4.29. The number of anilines is 2. The summed E-state index contributed by atoms with van der Waals surface area (Å²) in [6, 6.07) is 5.34. The molecule has 5 rings (SSSR count). The molecular formula is C24H27N9O3. The largest absolute Gasteiger partial charge is 0.392 e. The van der Waals surface area contributed by atoms with Gasteiger partial charge in [0, 0.05) is 37.1 Å². The van der Waals surface area contributed by atoms with Gasteiger partial charge in [-0.05, 0) is 38.4 Å². The Morgan fingerprint density at radius 2 is 2.03 bits per heavy atom. The van der Waals surface area contributed by atoms with Gasteiger partial charge in [0.15, 0.2) is 5.69 Å². The number of fused-ring (bicyclic) bond motifs is 1. The monoisotopic (exact) mass is 489 g/mol. The Kier molecular flexibility index (Phi) is 6.44. The van der Waals surface area contributed by atoms with Crippen LogP contribution in [0.3, 0.4) is 0 Å². The van der Waals surface area contributed by atoms with Crippen molar-refractivity contribution >= 4 is 28.7 Å². The van der Waals surface area contributed by atoms with Gasteiger partial charge in [-0.1, -0.05) is 11.3 Å². The second-order valence-corrected chi connectivity index (χ2v) is 8.98. The molecule has 1 fully saturated rings. The lowest BCUT2D eigenvalue weighted by Crippen LogP contribution is -2.42. The molecular weight excluding hydrogens is 462 g/mol. The summed E-state index contributed by atoms with van der Waals surface area (Å²) in [6.45, 7) is 3.20. The molecule has 1 unspecified atom stereocenters. The molecule has 5 heterocycles. The number of β-amino-alcohol motifs (C(OH)–C–C–N with tert-alkyl or cyclic N) is 1. The number of hydrogen-bond donors (Lipinski definition) is 3. The van der Waals surface area contributed by atoms with Crippen molar-refractivity contribution in [1.29, 1.82) is 0 Å². The van der Waals surface area contributed by atoms with E-state index in [1.165, 1.54) is 0 Å². The quantitative estimate of drug-likeness (QED) is 0.370. The molecule has 12 heteroatoms. The highest BCUT2D eigenvalue weighted by Gasteiger charge is 2.21. The first-order valence-corrected chi connectivity index (χ1v) is 11.7. The number of hydrogen-bond acceptors (Lipinski definition) is 8. The van der Waals surface area contributed by atoms with Gasteiger partial charge in [-0.15, -0.1) is 5.10 Å². The number of pyridine rings is 2. The highest BCUT2D eigenvalue weighted by molar-refractivity contribution is 6.08. The van der Waals surface area contributed by atoms with Crippen LogP contribution in [0.5, 0.6) is 0 Å². The van der Waals surface area contributed by atoms with Crippen molar-refractivity contribution in [2.75, 3.05) is 30.3 Å². The number of likely N-dealkylation sites (tertiary alicyclic amines) is 1. The minimum absolute atomic E-state index is 0.172. The number of aromatic nitrogens is 6. The van der Waals surface area contributed by atoms with Gasteiger partial charge >= 0.3 is 0 Å². The Morgan fingerprint density at radius 3 is 2.81 bits per heavy atom. The number of aliphatic hydroxyl groups excluding tert-OH is 1. The van der Waals surface area contributed by atoms with E-state index in [0.717, 1.165) is 30.5 Å². The van der Waals surface area contributed by atoms with Crippen LogP contribution in [0.15, 0.2) is 43.0 Å². The Balaban J connectivity index is 1.28. The fraction of sp³-hybridized carbons (Fsp3) is 0.333. The first kappa shape index (κ1) is 23.6. The van der Waals surface area contributed by atoms with E-state index in [-0.39, 0.29) is 18.1 Å². The zero-order valence-electron chi connectivity index (χ0n) is 20.0. The molecule has 0 radical (unpaired) electrons. The van der Waals surface area contributed by atoms with Crippen LogP contribution in [-0.2, 0) is 11.8 Å². The molecule has 4 aromatic heterocycles. The average molecular weight is 490 g/mol. The molecule has 1 aliphatic heterocycles. The third kappa shape index (κ3) is 5.09. The molecule has 12 nitrogen and oxygen atoms in total. The maximum absolute atomic E-state index is 13.0. The minimum Gasteiger partial charge on any atom is -0.392 e. The molecule has 2 amide bonds. The van der Waals surface area contributed by atoms with Gasteiger partial charge in [0.2, 0.25) is 5.91 Å². The normalized spacial score (nSPS) is 16.2. The fourth-order valence-corrected chi connectivity index (χ4v) is 4.29. The van der Waals surface area contributed by atoms with Gasteiger partial charge in [0.05, 0.1) is 47.6 Å².